The first-order valence-corrected chi connectivity index (χ1v) is 6.28. The number of anilines is 1. The number of methoxy groups -OCH3 is 2. The molecular weight excluding hydrogens is 272 g/mol. The van der Waals surface area contributed by atoms with Crippen LogP contribution in [0.25, 0.3) is 0 Å². The minimum absolute atomic E-state index is 0.180. The normalized spacial score (nSPS) is 10.0. The lowest BCUT2D eigenvalue weighted by Gasteiger charge is -2.10. The molecule has 0 aliphatic heterocycles. The quantitative estimate of drug-likeness (QED) is 0.877. The highest BCUT2D eigenvalue weighted by Crippen LogP contribution is 2.27. The number of aliphatic hydroxyl groups is 1. The van der Waals surface area contributed by atoms with E-state index < -0.39 is 0 Å². The number of hydrogen-bond donors (Lipinski definition) is 2. The number of carbonyl (C=O) groups excluding carboxylic acids is 1. The molecular formula is C15H16N2O4. The molecule has 1 amide bonds. The minimum atomic E-state index is -0.321. The molecule has 0 aliphatic carbocycles. The van der Waals surface area contributed by atoms with E-state index in [-0.39, 0.29) is 12.5 Å². The Labute approximate surface area is 122 Å². The number of nitrogens with zero attached hydrogens (tertiary/aromatic N) is 1. The Morgan fingerprint density at radius 1 is 1.19 bits per heavy atom. The molecule has 0 radical (unpaired) electrons. The SMILES string of the molecule is COc1ccc(C(=O)Nc2cccc(CO)n2)cc1OC. The van der Waals surface area contributed by atoms with Gasteiger partial charge in [-0.1, -0.05) is 6.07 Å². The molecule has 0 spiro atoms. The van der Waals surface area contributed by atoms with Crippen LogP contribution in [-0.4, -0.2) is 30.2 Å². The van der Waals surface area contributed by atoms with Gasteiger partial charge in [0.15, 0.2) is 11.5 Å². The molecule has 1 aromatic heterocycles. The fourth-order valence-electron chi connectivity index (χ4n) is 1.80. The molecule has 1 heterocycles. The average Bonchev–Trinajstić information content (AvgIpc) is 2.54. The van der Waals surface area contributed by atoms with Crippen LogP contribution >= 0.6 is 0 Å². The van der Waals surface area contributed by atoms with Gasteiger partial charge in [0.05, 0.1) is 26.5 Å². The van der Waals surface area contributed by atoms with E-state index in [1.165, 1.54) is 14.2 Å². The summed E-state index contributed by atoms with van der Waals surface area (Å²) in [5.74, 6) is 1.08. The van der Waals surface area contributed by atoms with Crippen molar-refractivity contribution in [1.29, 1.82) is 0 Å². The van der Waals surface area contributed by atoms with Crippen molar-refractivity contribution in [3.8, 4) is 11.5 Å². The van der Waals surface area contributed by atoms with Crippen molar-refractivity contribution >= 4 is 11.7 Å². The monoisotopic (exact) mass is 288 g/mol. The summed E-state index contributed by atoms with van der Waals surface area (Å²) in [4.78, 5) is 16.3. The first-order valence-electron chi connectivity index (χ1n) is 6.28. The number of aliphatic hydroxyl groups excluding tert-OH is 1. The van der Waals surface area contributed by atoms with Crippen LogP contribution in [0.15, 0.2) is 36.4 Å². The zero-order chi connectivity index (χ0) is 15.2. The molecule has 0 atom stereocenters. The molecule has 6 nitrogen and oxygen atoms in total. The van der Waals surface area contributed by atoms with Crippen molar-refractivity contribution in [3.05, 3.63) is 47.7 Å². The summed E-state index contributed by atoms with van der Waals surface area (Å²) in [6.07, 6.45) is 0. The molecule has 2 rings (SSSR count). The second-order valence-electron chi connectivity index (χ2n) is 4.20. The molecule has 0 unspecified atom stereocenters. The van der Waals surface area contributed by atoms with Crippen molar-refractivity contribution in [2.45, 2.75) is 6.61 Å². The molecule has 110 valence electrons. The number of ether oxygens (including phenoxy) is 2. The maximum absolute atomic E-state index is 12.2. The van der Waals surface area contributed by atoms with Gasteiger partial charge in [-0.15, -0.1) is 0 Å². The highest BCUT2D eigenvalue weighted by Gasteiger charge is 2.11. The van der Waals surface area contributed by atoms with Crippen LogP contribution in [0.1, 0.15) is 16.1 Å². The van der Waals surface area contributed by atoms with Crippen LogP contribution in [0.3, 0.4) is 0 Å². The third-order valence-corrected chi connectivity index (χ3v) is 2.86. The summed E-state index contributed by atoms with van der Waals surface area (Å²) >= 11 is 0. The second-order valence-corrected chi connectivity index (χ2v) is 4.20. The maximum atomic E-state index is 12.2. The van der Waals surface area contributed by atoms with Crippen molar-refractivity contribution in [1.82, 2.24) is 4.98 Å². The Hall–Kier alpha value is -2.60. The van der Waals surface area contributed by atoms with Crippen LogP contribution in [-0.2, 0) is 6.61 Å². The molecule has 21 heavy (non-hydrogen) atoms. The Morgan fingerprint density at radius 3 is 2.62 bits per heavy atom. The minimum Gasteiger partial charge on any atom is -0.493 e. The van der Waals surface area contributed by atoms with Crippen molar-refractivity contribution in [2.24, 2.45) is 0 Å². The number of hydrogen-bond acceptors (Lipinski definition) is 5. The lowest BCUT2D eigenvalue weighted by Crippen LogP contribution is -2.13. The lowest BCUT2D eigenvalue weighted by molar-refractivity contribution is 0.102. The Balaban J connectivity index is 2.19. The van der Waals surface area contributed by atoms with Gasteiger partial charge in [-0.2, -0.15) is 0 Å². The Bertz CT molecular complexity index is 643. The van der Waals surface area contributed by atoms with Gasteiger partial charge in [0.2, 0.25) is 0 Å². The molecule has 6 heteroatoms. The molecule has 1 aromatic carbocycles. The fourth-order valence-corrected chi connectivity index (χ4v) is 1.80. The van der Waals surface area contributed by atoms with Crippen molar-refractivity contribution in [3.63, 3.8) is 0 Å². The molecule has 0 bridgehead atoms. The summed E-state index contributed by atoms with van der Waals surface area (Å²) in [6.45, 7) is -0.180. The van der Waals surface area contributed by atoms with Crippen LogP contribution in [0, 0.1) is 0 Å². The first-order chi connectivity index (χ1) is 10.2. The van der Waals surface area contributed by atoms with Gasteiger partial charge in [0.25, 0.3) is 5.91 Å². The predicted molar refractivity (Wildman–Crippen MR) is 77.7 cm³/mol. The van der Waals surface area contributed by atoms with Gasteiger partial charge >= 0.3 is 0 Å². The van der Waals surface area contributed by atoms with Crippen LogP contribution < -0.4 is 14.8 Å². The Kier molecular flexibility index (Phi) is 4.73. The van der Waals surface area contributed by atoms with E-state index in [0.717, 1.165) is 0 Å². The number of nitrogens with one attached hydrogen (secondary N) is 1. The summed E-state index contributed by atoms with van der Waals surface area (Å²) < 4.78 is 10.3. The molecule has 0 fully saturated rings. The third-order valence-electron chi connectivity index (χ3n) is 2.86. The van der Waals surface area contributed by atoms with Crippen molar-refractivity contribution in [2.75, 3.05) is 19.5 Å². The third kappa shape index (κ3) is 3.49. The van der Waals surface area contributed by atoms with Crippen LogP contribution in [0.5, 0.6) is 11.5 Å². The van der Waals surface area contributed by atoms with Crippen LogP contribution in [0.2, 0.25) is 0 Å². The number of aromatic nitrogens is 1. The molecule has 0 aliphatic rings. The standard InChI is InChI=1S/C15H16N2O4/c1-20-12-7-6-10(8-13(12)21-2)15(19)17-14-5-3-4-11(9-18)16-14/h3-8,18H,9H2,1-2H3,(H,16,17,19). The smallest absolute Gasteiger partial charge is 0.256 e. The fraction of sp³-hybridized carbons (Fsp3) is 0.200. The van der Waals surface area contributed by atoms with Gasteiger partial charge in [-0.25, -0.2) is 4.98 Å². The number of benzene rings is 1. The molecule has 0 saturated heterocycles. The average molecular weight is 288 g/mol. The van der Waals surface area contributed by atoms with E-state index in [1.54, 1.807) is 36.4 Å². The Morgan fingerprint density at radius 2 is 1.95 bits per heavy atom. The molecule has 2 N–H and O–H groups in total. The largest absolute Gasteiger partial charge is 0.493 e. The summed E-state index contributed by atoms with van der Waals surface area (Å²) in [7, 11) is 3.04. The number of pyridine rings is 1. The summed E-state index contributed by atoms with van der Waals surface area (Å²) in [6, 6.07) is 9.91. The van der Waals surface area contributed by atoms with Crippen LogP contribution in [0.4, 0.5) is 5.82 Å². The van der Waals surface area contributed by atoms with Gasteiger partial charge < -0.3 is 19.9 Å². The molecule has 2 aromatic rings. The van der Waals surface area contributed by atoms with Gasteiger partial charge in [-0.3, -0.25) is 4.79 Å². The van der Waals surface area contributed by atoms with E-state index in [1.807, 2.05) is 0 Å². The number of amides is 1. The number of rotatable bonds is 5. The highest BCUT2D eigenvalue weighted by atomic mass is 16.5. The first kappa shape index (κ1) is 14.8. The summed E-state index contributed by atoms with van der Waals surface area (Å²) in [5.41, 5.74) is 0.906. The van der Waals surface area contributed by atoms with Gasteiger partial charge in [0, 0.05) is 5.56 Å². The zero-order valence-electron chi connectivity index (χ0n) is 11.8. The zero-order valence-corrected chi connectivity index (χ0v) is 11.8. The van der Waals surface area contributed by atoms with E-state index in [9.17, 15) is 4.79 Å². The second kappa shape index (κ2) is 6.71. The topological polar surface area (TPSA) is 80.7 Å². The highest BCUT2D eigenvalue weighted by molar-refractivity contribution is 6.04. The van der Waals surface area contributed by atoms with E-state index in [0.29, 0.717) is 28.6 Å². The molecule has 0 saturated carbocycles. The number of carbonyl (C=O) groups is 1. The maximum Gasteiger partial charge on any atom is 0.256 e. The van der Waals surface area contributed by atoms with E-state index in [4.69, 9.17) is 14.6 Å². The predicted octanol–water partition coefficient (Wildman–Crippen LogP) is 1.84. The van der Waals surface area contributed by atoms with Crippen molar-refractivity contribution < 1.29 is 19.4 Å². The summed E-state index contributed by atoms with van der Waals surface area (Å²) in [5, 5.41) is 11.7. The van der Waals surface area contributed by atoms with E-state index in [2.05, 4.69) is 10.3 Å². The van der Waals surface area contributed by atoms with Gasteiger partial charge in [0.1, 0.15) is 5.82 Å². The van der Waals surface area contributed by atoms with Gasteiger partial charge in [-0.05, 0) is 30.3 Å². The lowest BCUT2D eigenvalue weighted by atomic mass is 10.2. The van der Waals surface area contributed by atoms with E-state index >= 15 is 0 Å².